The van der Waals surface area contributed by atoms with Gasteiger partial charge in [-0.05, 0) is 28.8 Å². The summed E-state index contributed by atoms with van der Waals surface area (Å²) < 4.78 is 0. The third kappa shape index (κ3) is 8.08. The van der Waals surface area contributed by atoms with E-state index in [0.717, 1.165) is 33.5 Å². The van der Waals surface area contributed by atoms with Crippen molar-refractivity contribution in [3.63, 3.8) is 0 Å². The van der Waals surface area contributed by atoms with Gasteiger partial charge in [-0.15, -0.1) is 34.9 Å². The molecule has 0 aliphatic rings. The van der Waals surface area contributed by atoms with Gasteiger partial charge < -0.3 is 5.11 Å². The van der Waals surface area contributed by atoms with E-state index in [1.54, 1.807) is 0 Å². The molecule has 5 heteroatoms. The molecule has 0 aliphatic carbocycles. The molecule has 0 atom stereocenters. The minimum Gasteiger partial charge on any atom is -0.512 e. The first-order valence-electron chi connectivity index (χ1n) is 13.5. The van der Waals surface area contributed by atoms with E-state index in [2.05, 4.69) is 82.3 Å². The Labute approximate surface area is 253 Å². The number of ketones is 1. The van der Waals surface area contributed by atoms with Crippen LogP contribution in [0.5, 0.6) is 0 Å². The zero-order valence-corrected chi connectivity index (χ0v) is 28.2. The van der Waals surface area contributed by atoms with Crippen molar-refractivity contribution < 1.29 is 30.0 Å². The molecule has 4 rings (SSSR count). The maximum Gasteiger partial charge on any atom is 0.164 e. The minimum atomic E-state index is -0.417. The Morgan fingerprint density at radius 1 is 0.825 bits per heavy atom. The summed E-state index contributed by atoms with van der Waals surface area (Å²) in [5.74, 6) is 0.892. The van der Waals surface area contributed by atoms with Crippen molar-refractivity contribution in [2.45, 2.75) is 81.6 Å². The van der Waals surface area contributed by atoms with Gasteiger partial charge in [-0.25, -0.2) is 4.98 Å². The number of benzene rings is 3. The molecule has 1 heterocycles. The van der Waals surface area contributed by atoms with E-state index in [4.69, 9.17) is 9.97 Å². The molecule has 215 valence electrons. The molecule has 0 bridgehead atoms. The number of aliphatic hydroxyl groups is 1. The van der Waals surface area contributed by atoms with E-state index in [0.29, 0.717) is 0 Å². The predicted octanol–water partition coefficient (Wildman–Crippen LogP) is 9.25. The number of aromatic nitrogens is 2. The Morgan fingerprint density at radius 3 is 2.02 bits per heavy atom. The van der Waals surface area contributed by atoms with Gasteiger partial charge in [0.25, 0.3) is 0 Å². The third-order valence-electron chi connectivity index (χ3n) is 6.60. The Balaban J connectivity index is 0.000000344. The maximum absolute atomic E-state index is 11.5. The Hall–Kier alpha value is -2.88. The quantitative estimate of drug-likeness (QED) is 0.0973. The monoisotopic (exact) mass is 716 g/mol. The Kier molecular flexibility index (Phi) is 10.3. The summed E-state index contributed by atoms with van der Waals surface area (Å²) in [6, 6.07) is 20.6. The average Bonchev–Trinajstić information content (AvgIpc) is 2.81. The first-order chi connectivity index (χ1) is 17.9. The Morgan fingerprint density at radius 2 is 1.45 bits per heavy atom. The van der Waals surface area contributed by atoms with Crippen molar-refractivity contribution in [3.8, 4) is 11.3 Å². The topological polar surface area (TPSA) is 63.1 Å². The number of carbonyl (C=O) groups excluding carboxylic acids is 1. The normalized spacial score (nSPS) is 12.5. The summed E-state index contributed by atoms with van der Waals surface area (Å²) in [5, 5.41) is 13.0. The van der Waals surface area contributed by atoms with Crippen LogP contribution in [0.3, 0.4) is 0 Å². The van der Waals surface area contributed by atoms with Crippen molar-refractivity contribution in [3.05, 3.63) is 83.4 Å². The van der Waals surface area contributed by atoms with Gasteiger partial charge in [0.1, 0.15) is 11.6 Å². The number of carbonyl (C=O) groups is 1. The molecular formula is C35H43IrN2O2-. The zero-order valence-electron chi connectivity index (χ0n) is 25.8. The largest absolute Gasteiger partial charge is 0.512 e. The average molecular weight is 716 g/mol. The zero-order chi connectivity index (χ0) is 29.3. The first-order valence-corrected chi connectivity index (χ1v) is 13.5. The summed E-state index contributed by atoms with van der Waals surface area (Å²) >= 11 is 0. The second kappa shape index (κ2) is 12.3. The smallest absolute Gasteiger partial charge is 0.164 e. The van der Waals surface area contributed by atoms with Crippen molar-refractivity contribution in [2.24, 2.45) is 10.8 Å². The van der Waals surface area contributed by atoms with Gasteiger partial charge in [-0.1, -0.05) is 106 Å². The van der Waals surface area contributed by atoms with Crippen molar-refractivity contribution >= 4 is 27.5 Å². The van der Waals surface area contributed by atoms with E-state index in [1.165, 1.54) is 22.4 Å². The summed E-state index contributed by atoms with van der Waals surface area (Å²) in [6.07, 6.45) is 1.33. The van der Waals surface area contributed by atoms with Gasteiger partial charge in [-0.2, -0.15) is 0 Å². The van der Waals surface area contributed by atoms with Crippen LogP contribution in [-0.4, -0.2) is 20.9 Å². The maximum atomic E-state index is 11.5. The molecule has 1 aromatic heterocycles. The standard InChI is InChI=1S/C24H23N2.C11H20O2.Ir/c1-15-12-18(14-19(13-15)24(3,4)5)22-21-11-10-17-8-6-7-9-20(17)23(21)26-16(2)25-22;1-10(2,3)8(12)7-9(13)11(4,5)6;/h6-11,13-14H,1-5H3;7,12H,1-6H3;/q-1;;/b;8-7-;. The fraction of sp³-hybridized carbons (Fsp3) is 0.400. The van der Waals surface area contributed by atoms with Crippen molar-refractivity contribution in [1.29, 1.82) is 0 Å². The summed E-state index contributed by atoms with van der Waals surface area (Å²) in [7, 11) is 0. The molecule has 0 saturated carbocycles. The number of allylic oxidation sites excluding steroid dienone is 2. The molecule has 0 spiro atoms. The van der Waals surface area contributed by atoms with Crippen LogP contribution >= 0.6 is 0 Å². The van der Waals surface area contributed by atoms with E-state index in [1.807, 2.05) is 48.5 Å². The Bertz CT molecular complexity index is 1550. The number of rotatable bonds is 2. The molecule has 1 N–H and O–H groups in total. The first kappa shape index (κ1) is 33.3. The van der Waals surface area contributed by atoms with Gasteiger partial charge in [0.2, 0.25) is 0 Å². The van der Waals surface area contributed by atoms with Gasteiger partial charge in [0.05, 0.1) is 5.52 Å². The van der Waals surface area contributed by atoms with Crippen molar-refractivity contribution in [1.82, 2.24) is 9.97 Å². The van der Waals surface area contributed by atoms with E-state index < -0.39 is 5.41 Å². The molecule has 0 amide bonds. The van der Waals surface area contributed by atoms with Gasteiger partial charge >= 0.3 is 0 Å². The van der Waals surface area contributed by atoms with Crippen LogP contribution < -0.4 is 0 Å². The number of fused-ring (bicyclic) bond motifs is 3. The molecule has 3 aromatic carbocycles. The van der Waals surface area contributed by atoms with Crippen LogP contribution in [0.4, 0.5) is 0 Å². The van der Waals surface area contributed by atoms with Crippen LogP contribution in [0.2, 0.25) is 0 Å². The number of nitrogens with zero attached hydrogens (tertiary/aromatic N) is 2. The van der Waals surface area contributed by atoms with E-state index in [-0.39, 0.29) is 42.5 Å². The molecule has 40 heavy (non-hydrogen) atoms. The molecule has 0 aliphatic heterocycles. The molecule has 1 radical (unpaired) electrons. The van der Waals surface area contributed by atoms with Gasteiger partial charge in [0, 0.05) is 42.4 Å². The van der Waals surface area contributed by atoms with Crippen LogP contribution in [0.15, 0.2) is 60.4 Å². The van der Waals surface area contributed by atoms with Gasteiger partial charge in [-0.3, -0.25) is 9.78 Å². The summed E-state index contributed by atoms with van der Waals surface area (Å²) in [5.41, 5.74) is 4.77. The van der Waals surface area contributed by atoms with Crippen LogP contribution in [0.25, 0.3) is 32.9 Å². The van der Waals surface area contributed by atoms with E-state index >= 15 is 0 Å². The molecule has 4 aromatic rings. The van der Waals surface area contributed by atoms with Crippen LogP contribution in [-0.2, 0) is 30.3 Å². The third-order valence-corrected chi connectivity index (χ3v) is 6.60. The number of aryl methyl sites for hydroxylation is 2. The fourth-order valence-electron chi connectivity index (χ4n) is 4.01. The second-order valence-corrected chi connectivity index (χ2v) is 13.4. The summed E-state index contributed by atoms with van der Waals surface area (Å²) in [6.45, 7) is 21.9. The number of hydrogen-bond acceptors (Lipinski definition) is 4. The van der Waals surface area contributed by atoms with Crippen LogP contribution in [0.1, 0.15) is 79.3 Å². The second-order valence-electron chi connectivity index (χ2n) is 13.4. The molecular weight excluding hydrogens is 673 g/mol. The molecule has 0 fully saturated rings. The molecule has 0 unspecified atom stereocenters. The SMILES string of the molecule is CC(C)(C)C(=O)/C=C(\O)C(C)(C)C.Cc1[c-]c(-c2nc(C)nc3c2ccc2ccccc23)cc(C(C)(C)C)c1.[Ir]. The van der Waals surface area contributed by atoms with Crippen LogP contribution in [0, 0.1) is 30.7 Å². The fourth-order valence-corrected chi connectivity index (χ4v) is 4.01. The number of hydrogen-bond donors (Lipinski definition) is 1. The molecule has 0 saturated heterocycles. The summed E-state index contributed by atoms with van der Waals surface area (Å²) in [4.78, 5) is 21.0. The minimum absolute atomic E-state index is 0. The van der Waals surface area contributed by atoms with Crippen molar-refractivity contribution in [2.75, 3.05) is 0 Å². The van der Waals surface area contributed by atoms with E-state index in [9.17, 15) is 9.90 Å². The van der Waals surface area contributed by atoms with Gasteiger partial charge in [0.15, 0.2) is 5.78 Å². The predicted molar refractivity (Wildman–Crippen MR) is 164 cm³/mol. The molecule has 4 nitrogen and oxygen atoms in total. The number of aliphatic hydroxyl groups excluding tert-OH is 1.